The summed E-state index contributed by atoms with van der Waals surface area (Å²) in [6, 6.07) is 37.1. The van der Waals surface area contributed by atoms with Crippen molar-refractivity contribution in [1.29, 1.82) is 0 Å². The number of benzene rings is 4. The van der Waals surface area contributed by atoms with Crippen LogP contribution in [0.4, 0.5) is 0 Å². The number of fused-ring (bicyclic) bond motifs is 2. The number of rotatable bonds is 8. The van der Waals surface area contributed by atoms with Crippen LogP contribution < -0.4 is 0 Å². The van der Waals surface area contributed by atoms with Crippen LogP contribution >= 0.6 is 0 Å². The van der Waals surface area contributed by atoms with Crippen molar-refractivity contribution in [2.24, 2.45) is 5.92 Å². The zero-order chi connectivity index (χ0) is 27.5. The molecular formula is C38H36N2. The van der Waals surface area contributed by atoms with Crippen LogP contribution in [0.5, 0.6) is 0 Å². The second-order valence-electron chi connectivity index (χ2n) is 11.4. The number of aromatic nitrogens is 2. The number of aryl methyl sites for hydroxylation is 3. The molecule has 4 aromatic carbocycles. The summed E-state index contributed by atoms with van der Waals surface area (Å²) in [5.41, 5.74) is 10.9. The lowest BCUT2D eigenvalue weighted by molar-refractivity contribution is 0.649. The lowest BCUT2D eigenvalue weighted by Crippen LogP contribution is -2.00. The van der Waals surface area contributed by atoms with E-state index in [-0.39, 0.29) is 0 Å². The average Bonchev–Trinajstić information content (AvgIpc) is 2.97. The van der Waals surface area contributed by atoms with Gasteiger partial charge < -0.3 is 0 Å². The summed E-state index contributed by atoms with van der Waals surface area (Å²) in [7, 11) is 0. The summed E-state index contributed by atoms with van der Waals surface area (Å²) in [5.74, 6) is 0.591. The van der Waals surface area contributed by atoms with E-state index in [0.29, 0.717) is 5.92 Å². The van der Waals surface area contributed by atoms with Gasteiger partial charge in [-0.15, -0.1) is 0 Å². The van der Waals surface area contributed by atoms with Crippen LogP contribution in [-0.2, 0) is 19.3 Å². The largest absolute Gasteiger partial charge is 0.256 e. The molecule has 2 aromatic heterocycles. The Morgan fingerprint density at radius 2 is 1.45 bits per heavy atom. The molecule has 0 spiro atoms. The Balaban J connectivity index is 1.27. The van der Waals surface area contributed by atoms with Gasteiger partial charge >= 0.3 is 0 Å². The van der Waals surface area contributed by atoms with Crippen LogP contribution in [0.3, 0.4) is 0 Å². The van der Waals surface area contributed by atoms with E-state index < -0.39 is 0 Å². The smallest absolute Gasteiger partial charge is 0.0716 e. The quantitative estimate of drug-likeness (QED) is 0.200. The van der Waals surface area contributed by atoms with E-state index in [1.807, 2.05) is 12.3 Å². The fourth-order valence-corrected chi connectivity index (χ4v) is 5.80. The minimum absolute atomic E-state index is 0.591. The summed E-state index contributed by atoms with van der Waals surface area (Å²) in [6.45, 7) is 6.76. The Bertz CT molecular complexity index is 1770. The summed E-state index contributed by atoms with van der Waals surface area (Å²) in [6.07, 6.45) is 6.22. The lowest BCUT2D eigenvalue weighted by Gasteiger charge is -2.14. The Morgan fingerprint density at radius 1 is 0.675 bits per heavy atom. The van der Waals surface area contributed by atoms with Crippen LogP contribution in [-0.4, -0.2) is 9.97 Å². The molecule has 6 aromatic rings. The first kappa shape index (κ1) is 26.0. The van der Waals surface area contributed by atoms with Gasteiger partial charge in [0, 0.05) is 22.7 Å². The fourth-order valence-electron chi connectivity index (χ4n) is 5.80. The molecule has 0 amide bonds. The van der Waals surface area contributed by atoms with E-state index in [1.165, 1.54) is 44.0 Å². The highest BCUT2D eigenvalue weighted by atomic mass is 14.7. The Morgan fingerprint density at radius 3 is 2.25 bits per heavy atom. The zero-order valence-corrected chi connectivity index (χ0v) is 23.7. The second-order valence-corrected chi connectivity index (χ2v) is 11.4. The third kappa shape index (κ3) is 5.67. The van der Waals surface area contributed by atoms with Crippen molar-refractivity contribution in [3.63, 3.8) is 0 Å². The van der Waals surface area contributed by atoms with Gasteiger partial charge in [-0.05, 0) is 95.8 Å². The Labute approximate surface area is 237 Å². The average molecular weight is 521 g/mol. The zero-order valence-electron chi connectivity index (χ0n) is 23.7. The van der Waals surface area contributed by atoms with Crippen molar-refractivity contribution in [3.05, 3.63) is 132 Å². The number of hydrogen-bond acceptors (Lipinski definition) is 2. The van der Waals surface area contributed by atoms with E-state index >= 15 is 0 Å². The SMILES string of the molecule is Cc1cc(-c2ccc3c(CC(C)C)cc(CCCc4ccc(-c5ccccc5)nc4)cc3n2)c2ccccc2c1. The predicted molar refractivity (Wildman–Crippen MR) is 170 cm³/mol. The normalized spacial score (nSPS) is 11.5. The minimum Gasteiger partial charge on any atom is -0.256 e. The highest BCUT2D eigenvalue weighted by Gasteiger charge is 2.12. The van der Waals surface area contributed by atoms with Gasteiger partial charge in [-0.3, -0.25) is 4.98 Å². The molecule has 0 atom stereocenters. The molecule has 0 bridgehead atoms. The molecule has 0 aliphatic heterocycles. The van der Waals surface area contributed by atoms with Gasteiger partial charge in [0.05, 0.1) is 16.9 Å². The molecule has 40 heavy (non-hydrogen) atoms. The highest BCUT2D eigenvalue weighted by Crippen LogP contribution is 2.32. The van der Waals surface area contributed by atoms with E-state index in [0.717, 1.165) is 48.2 Å². The first-order chi connectivity index (χ1) is 19.5. The van der Waals surface area contributed by atoms with E-state index in [1.54, 1.807) is 0 Å². The Kier molecular flexibility index (Phi) is 7.42. The van der Waals surface area contributed by atoms with Crippen molar-refractivity contribution in [2.45, 2.75) is 46.5 Å². The van der Waals surface area contributed by atoms with Crippen molar-refractivity contribution < 1.29 is 0 Å². The van der Waals surface area contributed by atoms with E-state index in [4.69, 9.17) is 9.97 Å². The predicted octanol–water partition coefficient (Wildman–Crippen LogP) is 9.80. The number of pyridine rings is 2. The first-order valence-corrected chi connectivity index (χ1v) is 14.5. The van der Waals surface area contributed by atoms with Gasteiger partial charge in [0.15, 0.2) is 0 Å². The molecule has 0 aliphatic carbocycles. The number of nitrogens with zero attached hydrogens (tertiary/aromatic N) is 2. The van der Waals surface area contributed by atoms with E-state index in [2.05, 4.69) is 118 Å². The topological polar surface area (TPSA) is 25.8 Å². The second kappa shape index (κ2) is 11.4. The molecule has 2 heteroatoms. The molecule has 0 aliphatic rings. The first-order valence-electron chi connectivity index (χ1n) is 14.5. The van der Waals surface area contributed by atoms with Crippen molar-refractivity contribution >= 4 is 21.7 Å². The van der Waals surface area contributed by atoms with Crippen molar-refractivity contribution in [3.8, 4) is 22.5 Å². The van der Waals surface area contributed by atoms with Gasteiger partial charge in [-0.2, -0.15) is 0 Å². The standard InChI is InChI=1S/C38H36N2/c1-26(2)20-32-23-29(11-9-10-28-16-18-36(39-25-28)30-12-5-4-6-13-30)24-38-34(32)17-19-37(40-38)35-22-27(3)21-31-14-7-8-15-33(31)35/h4-8,12-19,21-26H,9-11,20H2,1-3H3. The third-order valence-electron chi connectivity index (χ3n) is 7.69. The van der Waals surface area contributed by atoms with Crippen LogP contribution in [0.25, 0.3) is 44.2 Å². The van der Waals surface area contributed by atoms with Crippen molar-refractivity contribution in [2.75, 3.05) is 0 Å². The lowest BCUT2D eigenvalue weighted by atomic mass is 9.93. The molecule has 2 heterocycles. The summed E-state index contributed by atoms with van der Waals surface area (Å²) < 4.78 is 0. The van der Waals surface area contributed by atoms with Gasteiger partial charge in [-0.1, -0.05) is 92.7 Å². The molecule has 198 valence electrons. The van der Waals surface area contributed by atoms with Crippen LogP contribution in [0.1, 0.15) is 42.5 Å². The maximum Gasteiger partial charge on any atom is 0.0716 e. The molecule has 0 unspecified atom stereocenters. The van der Waals surface area contributed by atoms with Crippen LogP contribution in [0, 0.1) is 12.8 Å². The van der Waals surface area contributed by atoms with E-state index in [9.17, 15) is 0 Å². The molecule has 0 N–H and O–H groups in total. The van der Waals surface area contributed by atoms with Gasteiger partial charge in [0.2, 0.25) is 0 Å². The van der Waals surface area contributed by atoms with Gasteiger partial charge in [0.25, 0.3) is 0 Å². The molecule has 0 radical (unpaired) electrons. The summed E-state index contributed by atoms with van der Waals surface area (Å²) in [4.78, 5) is 9.98. The fraction of sp³-hybridized carbons (Fsp3) is 0.211. The maximum absolute atomic E-state index is 5.26. The highest BCUT2D eigenvalue weighted by molar-refractivity contribution is 5.97. The molecular weight excluding hydrogens is 484 g/mol. The summed E-state index contributed by atoms with van der Waals surface area (Å²) in [5, 5.41) is 3.80. The molecule has 0 saturated heterocycles. The Hall–Kier alpha value is -4.30. The van der Waals surface area contributed by atoms with Crippen LogP contribution in [0.15, 0.2) is 109 Å². The monoisotopic (exact) mass is 520 g/mol. The van der Waals surface area contributed by atoms with Crippen molar-refractivity contribution in [1.82, 2.24) is 9.97 Å². The molecule has 6 rings (SSSR count). The summed E-state index contributed by atoms with van der Waals surface area (Å²) >= 11 is 0. The number of hydrogen-bond donors (Lipinski definition) is 0. The minimum atomic E-state index is 0.591. The molecule has 0 saturated carbocycles. The maximum atomic E-state index is 5.26. The third-order valence-corrected chi connectivity index (χ3v) is 7.69. The molecule has 2 nitrogen and oxygen atoms in total. The van der Waals surface area contributed by atoms with Crippen LogP contribution in [0.2, 0.25) is 0 Å². The van der Waals surface area contributed by atoms with Gasteiger partial charge in [-0.25, -0.2) is 4.98 Å². The van der Waals surface area contributed by atoms with Gasteiger partial charge in [0.1, 0.15) is 0 Å². The molecule has 0 fully saturated rings.